The van der Waals surface area contributed by atoms with Crippen LogP contribution >= 0.6 is 0 Å². The Morgan fingerprint density at radius 1 is 1.55 bits per heavy atom. The lowest BCUT2D eigenvalue weighted by Crippen LogP contribution is -2.47. The SMILES string of the molecule is COc1cccc(F)c1C(=O)NCC1NCCCC1C. The van der Waals surface area contributed by atoms with Crippen LogP contribution in [-0.4, -0.2) is 32.1 Å². The van der Waals surface area contributed by atoms with E-state index in [9.17, 15) is 9.18 Å². The number of nitrogens with one attached hydrogen (secondary N) is 2. The average molecular weight is 280 g/mol. The van der Waals surface area contributed by atoms with Crippen molar-refractivity contribution in [3.8, 4) is 5.75 Å². The highest BCUT2D eigenvalue weighted by molar-refractivity contribution is 5.97. The van der Waals surface area contributed by atoms with Crippen LogP contribution in [0.25, 0.3) is 0 Å². The van der Waals surface area contributed by atoms with E-state index in [2.05, 4.69) is 17.6 Å². The van der Waals surface area contributed by atoms with Gasteiger partial charge in [-0.05, 0) is 37.4 Å². The molecule has 1 aliphatic heterocycles. The summed E-state index contributed by atoms with van der Waals surface area (Å²) in [6, 6.07) is 4.61. The van der Waals surface area contributed by atoms with Gasteiger partial charge in [0.1, 0.15) is 17.1 Å². The number of benzene rings is 1. The maximum Gasteiger partial charge on any atom is 0.258 e. The van der Waals surface area contributed by atoms with E-state index in [0.29, 0.717) is 12.5 Å². The van der Waals surface area contributed by atoms with Gasteiger partial charge in [0.05, 0.1) is 7.11 Å². The van der Waals surface area contributed by atoms with Crippen LogP contribution in [0.1, 0.15) is 30.1 Å². The first-order valence-electron chi connectivity index (χ1n) is 6.97. The number of carbonyl (C=O) groups excluding carboxylic acids is 1. The predicted octanol–water partition coefficient (Wildman–Crippen LogP) is 1.95. The summed E-state index contributed by atoms with van der Waals surface area (Å²) in [5, 5.41) is 6.17. The topological polar surface area (TPSA) is 50.4 Å². The monoisotopic (exact) mass is 280 g/mol. The number of carbonyl (C=O) groups is 1. The van der Waals surface area contributed by atoms with Gasteiger partial charge >= 0.3 is 0 Å². The molecule has 1 heterocycles. The van der Waals surface area contributed by atoms with Crippen LogP contribution in [0.3, 0.4) is 0 Å². The van der Waals surface area contributed by atoms with Crippen LogP contribution in [0.2, 0.25) is 0 Å². The van der Waals surface area contributed by atoms with E-state index in [0.717, 1.165) is 19.4 Å². The summed E-state index contributed by atoms with van der Waals surface area (Å²) in [7, 11) is 1.43. The molecule has 2 N–H and O–H groups in total. The summed E-state index contributed by atoms with van der Waals surface area (Å²) in [6.45, 7) is 3.62. The van der Waals surface area contributed by atoms with Crippen molar-refractivity contribution in [2.75, 3.05) is 20.2 Å². The first kappa shape index (κ1) is 14.8. The van der Waals surface area contributed by atoms with Gasteiger partial charge in [-0.15, -0.1) is 0 Å². The van der Waals surface area contributed by atoms with Crippen molar-refractivity contribution in [2.45, 2.75) is 25.8 Å². The summed E-state index contributed by atoms with van der Waals surface area (Å²) in [4.78, 5) is 12.1. The van der Waals surface area contributed by atoms with Crippen molar-refractivity contribution in [2.24, 2.45) is 5.92 Å². The number of rotatable bonds is 4. The minimum absolute atomic E-state index is 0.0292. The quantitative estimate of drug-likeness (QED) is 0.886. The molecule has 1 saturated heterocycles. The van der Waals surface area contributed by atoms with Crippen LogP contribution in [0.15, 0.2) is 18.2 Å². The van der Waals surface area contributed by atoms with Crippen molar-refractivity contribution in [3.63, 3.8) is 0 Å². The molecule has 1 aliphatic rings. The van der Waals surface area contributed by atoms with E-state index >= 15 is 0 Å². The van der Waals surface area contributed by atoms with Gasteiger partial charge in [-0.3, -0.25) is 4.79 Å². The summed E-state index contributed by atoms with van der Waals surface area (Å²) in [5.74, 6) is -0.232. The minimum atomic E-state index is -0.563. The summed E-state index contributed by atoms with van der Waals surface area (Å²) in [5.41, 5.74) is -0.0292. The standard InChI is InChI=1S/C15H21FN2O2/c1-10-5-4-8-17-12(10)9-18-15(19)14-11(16)6-3-7-13(14)20-2/h3,6-7,10,12,17H,4-5,8-9H2,1-2H3,(H,18,19). The summed E-state index contributed by atoms with van der Waals surface area (Å²) >= 11 is 0. The number of amides is 1. The maximum atomic E-state index is 13.8. The number of methoxy groups -OCH3 is 1. The van der Waals surface area contributed by atoms with Gasteiger partial charge in [-0.1, -0.05) is 13.0 Å². The highest BCUT2D eigenvalue weighted by Crippen LogP contribution is 2.21. The van der Waals surface area contributed by atoms with Gasteiger partial charge < -0.3 is 15.4 Å². The minimum Gasteiger partial charge on any atom is -0.496 e. The molecular formula is C15H21FN2O2. The van der Waals surface area contributed by atoms with Crippen LogP contribution in [0, 0.1) is 11.7 Å². The Hall–Kier alpha value is -1.62. The van der Waals surface area contributed by atoms with Gasteiger partial charge in [0, 0.05) is 12.6 Å². The van der Waals surface area contributed by atoms with Crippen LogP contribution in [-0.2, 0) is 0 Å². The lowest BCUT2D eigenvalue weighted by molar-refractivity contribution is 0.0936. The number of halogens is 1. The molecular weight excluding hydrogens is 259 g/mol. The third-order valence-corrected chi connectivity index (χ3v) is 3.83. The number of hydrogen-bond donors (Lipinski definition) is 2. The fourth-order valence-electron chi connectivity index (χ4n) is 2.57. The molecule has 2 unspecified atom stereocenters. The molecule has 1 aromatic carbocycles. The molecule has 0 spiro atoms. The first-order chi connectivity index (χ1) is 9.63. The van der Waals surface area contributed by atoms with E-state index in [1.165, 1.54) is 19.2 Å². The normalized spacial score (nSPS) is 22.4. The Morgan fingerprint density at radius 3 is 3.05 bits per heavy atom. The Balaban J connectivity index is 2.01. The van der Waals surface area contributed by atoms with Crippen LogP contribution < -0.4 is 15.4 Å². The molecule has 20 heavy (non-hydrogen) atoms. The lowest BCUT2D eigenvalue weighted by atomic mass is 9.93. The van der Waals surface area contributed by atoms with Gasteiger partial charge in [-0.25, -0.2) is 4.39 Å². The third-order valence-electron chi connectivity index (χ3n) is 3.83. The molecule has 0 aromatic heterocycles. The second kappa shape index (κ2) is 6.70. The molecule has 4 nitrogen and oxygen atoms in total. The number of piperidine rings is 1. The van der Waals surface area contributed by atoms with Gasteiger partial charge in [0.15, 0.2) is 0 Å². The van der Waals surface area contributed by atoms with E-state index in [1.54, 1.807) is 6.07 Å². The van der Waals surface area contributed by atoms with Crippen LogP contribution in [0.5, 0.6) is 5.75 Å². The van der Waals surface area contributed by atoms with Crippen molar-refractivity contribution >= 4 is 5.91 Å². The fraction of sp³-hybridized carbons (Fsp3) is 0.533. The van der Waals surface area contributed by atoms with Gasteiger partial charge in [0.25, 0.3) is 5.91 Å². The Morgan fingerprint density at radius 2 is 2.35 bits per heavy atom. The zero-order valence-corrected chi connectivity index (χ0v) is 11.9. The zero-order valence-electron chi connectivity index (χ0n) is 11.9. The smallest absolute Gasteiger partial charge is 0.258 e. The van der Waals surface area contributed by atoms with Crippen molar-refractivity contribution in [3.05, 3.63) is 29.6 Å². The summed E-state index contributed by atoms with van der Waals surface area (Å²) < 4.78 is 18.8. The molecule has 0 aliphatic carbocycles. The Kier molecular flexibility index (Phi) is 4.95. The molecule has 1 fully saturated rings. The largest absolute Gasteiger partial charge is 0.496 e. The van der Waals surface area contributed by atoms with E-state index in [4.69, 9.17) is 4.74 Å². The molecule has 110 valence electrons. The molecule has 0 bridgehead atoms. The summed E-state index contributed by atoms with van der Waals surface area (Å²) in [6.07, 6.45) is 2.31. The molecule has 2 atom stereocenters. The third kappa shape index (κ3) is 3.28. The zero-order chi connectivity index (χ0) is 14.5. The second-order valence-corrected chi connectivity index (χ2v) is 5.21. The fourth-order valence-corrected chi connectivity index (χ4v) is 2.57. The highest BCUT2D eigenvalue weighted by atomic mass is 19.1. The number of hydrogen-bond acceptors (Lipinski definition) is 3. The first-order valence-corrected chi connectivity index (χ1v) is 6.97. The van der Waals surface area contributed by atoms with Crippen LogP contribution in [0.4, 0.5) is 4.39 Å². The highest BCUT2D eigenvalue weighted by Gasteiger charge is 2.23. The Bertz CT molecular complexity index is 479. The van der Waals surface area contributed by atoms with Crippen molar-refractivity contribution in [1.29, 1.82) is 0 Å². The molecule has 5 heteroatoms. The van der Waals surface area contributed by atoms with Gasteiger partial charge in [-0.2, -0.15) is 0 Å². The molecule has 1 aromatic rings. The lowest BCUT2D eigenvalue weighted by Gasteiger charge is -2.30. The van der Waals surface area contributed by atoms with Crippen molar-refractivity contribution in [1.82, 2.24) is 10.6 Å². The average Bonchev–Trinajstić information content (AvgIpc) is 2.45. The molecule has 1 amide bonds. The predicted molar refractivity (Wildman–Crippen MR) is 75.5 cm³/mol. The van der Waals surface area contributed by atoms with E-state index in [-0.39, 0.29) is 17.4 Å². The van der Waals surface area contributed by atoms with E-state index in [1.807, 2.05) is 0 Å². The molecule has 0 saturated carbocycles. The molecule has 0 radical (unpaired) electrons. The van der Waals surface area contributed by atoms with Gasteiger partial charge in [0.2, 0.25) is 0 Å². The van der Waals surface area contributed by atoms with E-state index < -0.39 is 11.7 Å². The Labute approximate surface area is 118 Å². The maximum absolute atomic E-state index is 13.8. The molecule has 2 rings (SSSR count). The van der Waals surface area contributed by atoms with Crippen molar-refractivity contribution < 1.29 is 13.9 Å². The number of ether oxygens (including phenoxy) is 1. The second-order valence-electron chi connectivity index (χ2n) is 5.21.